The number of amides is 1. The molecule has 140 valence electrons. The lowest BCUT2D eigenvalue weighted by Crippen LogP contribution is -2.39. The first kappa shape index (κ1) is 18.0. The molecule has 1 unspecified atom stereocenters. The van der Waals surface area contributed by atoms with E-state index in [-0.39, 0.29) is 24.2 Å². The van der Waals surface area contributed by atoms with E-state index in [2.05, 4.69) is 33.4 Å². The largest absolute Gasteiger partial charge is 0.357 e. The number of nitrogens with one attached hydrogen (secondary N) is 2. The molecule has 2 N–H and O–H groups in total. The second-order valence-electron chi connectivity index (χ2n) is 6.97. The highest BCUT2D eigenvalue weighted by atomic mass is 35.5. The smallest absolute Gasteiger partial charge is 0.238 e. The zero-order valence-electron chi connectivity index (χ0n) is 14.8. The fourth-order valence-electron chi connectivity index (χ4n) is 3.78. The maximum atomic E-state index is 13.9. The lowest BCUT2D eigenvalue weighted by atomic mass is 9.99. The second kappa shape index (κ2) is 7.71. The number of hydrogen-bond acceptors (Lipinski definition) is 2. The van der Waals surface area contributed by atoms with E-state index in [0.29, 0.717) is 5.02 Å². The maximum absolute atomic E-state index is 13.9. The Hall–Kier alpha value is -2.37. The summed E-state index contributed by atoms with van der Waals surface area (Å²) in [6.07, 6.45) is 3.17. The van der Waals surface area contributed by atoms with Crippen molar-refractivity contribution in [1.29, 1.82) is 0 Å². The third kappa shape index (κ3) is 3.99. The number of carbonyl (C=O) groups is 1. The van der Waals surface area contributed by atoms with E-state index in [1.807, 2.05) is 12.1 Å². The van der Waals surface area contributed by atoms with E-state index in [0.717, 1.165) is 37.0 Å². The van der Waals surface area contributed by atoms with E-state index in [1.165, 1.54) is 23.6 Å². The summed E-state index contributed by atoms with van der Waals surface area (Å²) < 4.78 is 13.9. The molecule has 3 aromatic rings. The van der Waals surface area contributed by atoms with Crippen molar-refractivity contribution in [3.8, 4) is 0 Å². The lowest BCUT2D eigenvalue weighted by Gasteiger charge is -2.34. The molecule has 4 nitrogen and oxygen atoms in total. The number of halogens is 2. The van der Waals surface area contributed by atoms with Gasteiger partial charge in [0, 0.05) is 16.2 Å². The number of benzene rings is 2. The molecule has 27 heavy (non-hydrogen) atoms. The molecule has 0 aliphatic carbocycles. The first-order valence-corrected chi connectivity index (χ1v) is 9.54. The third-order valence-electron chi connectivity index (χ3n) is 5.07. The van der Waals surface area contributed by atoms with Crippen molar-refractivity contribution in [2.75, 3.05) is 18.4 Å². The van der Waals surface area contributed by atoms with Crippen LogP contribution in [-0.2, 0) is 4.79 Å². The highest BCUT2D eigenvalue weighted by molar-refractivity contribution is 6.30. The van der Waals surface area contributed by atoms with E-state index < -0.39 is 5.82 Å². The van der Waals surface area contributed by atoms with Crippen LogP contribution in [-0.4, -0.2) is 28.9 Å². The van der Waals surface area contributed by atoms with Crippen LogP contribution in [0.15, 0.2) is 48.5 Å². The van der Waals surface area contributed by atoms with Gasteiger partial charge in [-0.25, -0.2) is 4.39 Å². The highest BCUT2D eigenvalue weighted by Crippen LogP contribution is 2.32. The summed E-state index contributed by atoms with van der Waals surface area (Å²) in [7, 11) is 0. The Kier molecular flexibility index (Phi) is 5.14. The Morgan fingerprint density at radius 1 is 1.22 bits per heavy atom. The number of hydrogen-bond donors (Lipinski definition) is 2. The van der Waals surface area contributed by atoms with E-state index in [1.54, 1.807) is 0 Å². The van der Waals surface area contributed by atoms with Gasteiger partial charge in [-0.2, -0.15) is 0 Å². The van der Waals surface area contributed by atoms with Crippen molar-refractivity contribution in [1.82, 2.24) is 9.88 Å². The average molecular weight is 386 g/mol. The average Bonchev–Trinajstić information content (AvgIpc) is 3.09. The molecule has 1 fully saturated rings. The SMILES string of the molecule is O=C(CN1CCCCC1c1cc2ccccc2[nH]1)Nc1cc(Cl)ccc1F. The van der Waals surface area contributed by atoms with Gasteiger partial charge in [0.2, 0.25) is 5.91 Å². The van der Waals surface area contributed by atoms with Gasteiger partial charge in [0.05, 0.1) is 18.3 Å². The summed E-state index contributed by atoms with van der Waals surface area (Å²) in [6, 6.07) is 14.6. The minimum atomic E-state index is -0.487. The van der Waals surface area contributed by atoms with Crippen LogP contribution in [0.4, 0.5) is 10.1 Å². The number of aromatic amines is 1. The molecule has 2 heterocycles. The predicted octanol–water partition coefficient (Wildman–Crippen LogP) is 5.13. The van der Waals surface area contributed by atoms with Crippen LogP contribution in [0.1, 0.15) is 31.0 Å². The van der Waals surface area contributed by atoms with Crippen LogP contribution in [0.3, 0.4) is 0 Å². The first-order valence-electron chi connectivity index (χ1n) is 9.17. The van der Waals surface area contributed by atoms with Gasteiger partial charge < -0.3 is 10.3 Å². The minimum absolute atomic E-state index is 0.117. The van der Waals surface area contributed by atoms with Gasteiger partial charge in [-0.15, -0.1) is 0 Å². The zero-order chi connectivity index (χ0) is 18.8. The molecule has 0 saturated carbocycles. The van der Waals surface area contributed by atoms with Crippen LogP contribution < -0.4 is 5.32 Å². The molecule has 0 radical (unpaired) electrons. The number of rotatable bonds is 4. The Morgan fingerprint density at radius 3 is 2.93 bits per heavy atom. The summed E-state index contributed by atoms with van der Waals surface area (Å²) in [5, 5.41) is 4.21. The molecule has 1 aromatic heterocycles. The number of carbonyl (C=O) groups excluding carboxylic acids is 1. The Labute approximate surface area is 162 Å². The molecule has 6 heteroatoms. The van der Waals surface area contributed by atoms with Crippen molar-refractivity contribution in [2.45, 2.75) is 25.3 Å². The standard InChI is InChI=1S/C21H21ClFN3O/c22-15-8-9-16(23)18(12-15)25-21(27)13-26-10-4-3-7-20(26)19-11-14-5-1-2-6-17(14)24-19/h1-2,5-6,8-9,11-12,20,24H,3-4,7,10,13H2,(H,25,27). The molecule has 1 amide bonds. The van der Waals surface area contributed by atoms with Crippen LogP contribution in [0.5, 0.6) is 0 Å². The van der Waals surface area contributed by atoms with Crippen molar-refractivity contribution in [3.05, 3.63) is 65.1 Å². The van der Waals surface area contributed by atoms with E-state index in [4.69, 9.17) is 11.6 Å². The van der Waals surface area contributed by atoms with Crippen LogP contribution in [0.2, 0.25) is 5.02 Å². The maximum Gasteiger partial charge on any atom is 0.238 e. The molecule has 0 bridgehead atoms. The Morgan fingerprint density at radius 2 is 2.07 bits per heavy atom. The third-order valence-corrected chi connectivity index (χ3v) is 5.31. The summed E-state index contributed by atoms with van der Waals surface area (Å²) in [5.74, 6) is -0.724. The number of nitrogens with zero attached hydrogens (tertiary/aromatic N) is 1. The summed E-state index contributed by atoms with van der Waals surface area (Å²) in [5.41, 5.74) is 2.34. The Bertz CT molecular complexity index is 938. The minimum Gasteiger partial charge on any atom is -0.357 e. The summed E-state index contributed by atoms with van der Waals surface area (Å²) >= 11 is 5.90. The van der Waals surface area contributed by atoms with E-state index >= 15 is 0 Å². The van der Waals surface area contributed by atoms with E-state index in [9.17, 15) is 9.18 Å². The fourth-order valence-corrected chi connectivity index (χ4v) is 3.95. The van der Waals surface area contributed by atoms with Gasteiger partial charge in [-0.1, -0.05) is 36.2 Å². The zero-order valence-corrected chi connectivity index (χ0v) is 15.6. The number of H-pyrrole nitrogens is 1. The molecular formula is C21H21ClFN3O. The monoisotopic (exact) mass is 385 g/mol. The molecular weight excluding hydrogens is 365 g/mol. The molecule has 4 rings (SSSR count). The van der Waals surface area contributed by atoms with Crippen molar-refractivity contribution < 1.29 is 9.18 Å². The molecule has 2 aromatic carbocycles. The quantitative estimate of drug-likeness (QED) is 0.654. The number of fused-ring (bicyclic) bond motifs is 1. The number of piperidine rings is 1. The molecule has 1 saturated heterocycles. The molecule has 0 spiro atoms. The van der Waals surface area contributed by atoms with Gasteiger partial charge in [0.15, 0.2) is 0 Å². The number of anilines is 1. The summed E-state index contributed by atoms with van der Waals surface area (Å²) in [4.78, 5) is 18.2. The highest BCUT2D eigenvalue weighted by Gasteiger charge is 2.27. The van der Waals surface area contributed by atoms with Gasteiger partial charge >= 0.3 is 0 Å². The van der Waals surface area contributed by atoms with Crippen LogP contribution in [0.25, 0.3) is 10.9 Å². The predicted molar refractivity (Wildman–Crippen MR) is 107 cm³/mol. The normalized spacial score (nSPS) is 17.9. The molecule has 1 atom stereocenters. The van der Waals surface area contributed by atoms with Gasteiger partial charge in [0.1, 0.15) is 5.82 Å². The van der Waals surface area contributed by atoms with Crippen molar-refractivity contribution in [3.63, 3.8) is 0 Å². The Balaban J connectivity index is 1.50. The van der Waals surface area contributed by atoms with Gasteiger partial charge in [-0.3, -0.25) is 9.69 Å². The number of para-hydroxylation sites is 1. The van der Waals surface area contributed by atoms with Crippen LogP contribution in [0, 0.1) is 5.82 Å². The molecule has 1 aliphatic heterocycles. The topological polar surface area (TPSA) is 48.1 Å². The second-order valence-corrected chi connectivity index (χ2v) is 7.40. The summed E-state index contributed by atoms with van der Waals surface area (Å²) in [6.45, 7) is 1.05. The molecule has 1 aliphatic rings. The van der Waals surface area contributed by atoms with Crippen molar-refractivity contribution in [2.24, 2.45) is 0 Å². The first-order chi connectivity index (χ1) is 13.1. The van der Waals surface area contributed by atoms with Gasteiger partial charge in [0.25, 0.3) is 0 Å². The number of aromatic nitrogens is 1. The lowest BCUT2D eigenvalue weighted by molar-refractivity contribution is -0.118. The fraction of sp³-hybridized carbons (Fsp3) is 0.286. The van der Waals surface area contributed by atoms with Crippen molar-refractivity contribution >= 4 is 34.1 Å². The van der Waals surface area contributed by atoms with Crippen LogP contribution >= 0.6 is 11.6 Å². The number of likely N-dealkylation sites (tertiary alicyclic amines) is 1. The van der Waals surface area contributed by atoms with Gasteiger partial charge in [-0.05, 0) is 55.1 Å².